The number of benzene rings is 2. The Balaban J connectivity index is 1.65. The minimum absolute atomic E-state index is 0.0592. The van der Waals surface area contributed by atoms with E-state index >= 15 is 0 Å². The summed E-state index contributed by atoms with van der Waals surface area (Å²) in [4.78, 5) is 43.9. The number of nitrogens with one attached hydrogen (secondary N) is 2. The van der Waals surface area contributed by atoms with Gasteiger partial charge in [0.2, 0.25) is 11.8 Å². The van der Waals surface area contributed by atoms with Crippen LogP contribution >= 0.6 is 0 Å². The van der Waals surface area contributed by atoms with Gasteiger partial charge in [-0.05, 0) is 42.5 Å². The number of anilines is 1. The number of nitrogens with zero attached hydrogens (tertiary/aromatic N) is 3. The SMILES string of the molecule is CN(C)C(=O)c1cccc(Cn2cnc(NC(=O)[C@@H](CCCc3ccccc3)NC(=O)C(C)(C)C)c2)c1. The molecule has 3 amide bonds. The van der Waals surface area contributed by atoms with Crippen LogP contribution in [0, 0.1) is 5.41 Å². The van der Waals surface area contributed by atoms with Crippen molar-refractivity contribution in [2.75, 3.05) is 19.4 Å². The minimum Gasteiger partial charge on any atom is -0.345 e. The number of imidazole rings is 1. The van der Waals surface area contributed by atoms with Crippen LogP contribution in [0.2, 0.25) is 0 Å². The highest BCUT2D eigenvalue weighted by molar-refractivity contribution is 5.97. The van der Waals surface area contributed by atoms with Crippen molar-refractivity contribution < 1.29 is 14.4 Å². The van der Waals surface area contributed by atoms with E-state index in [4.69, 9.17) is 0 Å². The molecule has 1 heterocycles. The number of hydrogen-bond donors (Lipinski definition) is 2. The molecule has 3 aromatic rings. The van der Waals surface area contributed by atoms with Crippen molar-refractivity contribution in [1.29, 1.82) is 0 Å². The zero-order chi connectivity index (χ0) is 27.0. The van der Waals surface area contributed by atoms with Crippen molar-refractivity contribution in [3.63, 3.8) is 0 Å². The zero-order valence-electron chi connectivity index (χ0n) is 22.3. The molecule has 2 N–H and O–H groups in total. The van der Waals surface area contributed by atoms with Crippen LogP contribution in [0.5, 0.6) is 0 Å². The maximum absolute atomic E-state index is 13.2. The molecule has 8 nitrogen and oxygen atoms in total. The van der Waals surface area contributed by atoms with Crippen molar-refractivity contribution in [3.8, 4) is 0 Å². The molecule has 0 spiro atoms. The molecule has 0 unspecified atom stereocenters. The lowest BCUT2D eigenvalue weighted by Gasteiger charge is -2.23. The molecule has 37 heavy (non-hydrogen) atoms. The summed E-state index contributed by atoms with van der Waals surface area (Å²) >= 11 is 0. The van der Waals surface area contributed by atoms with E-state index < -0.39 is 11.5 Å². The molecule has 0 fully saturated rings. The summed E-state index contributed by atoms with van der Waals surface area (Å²) in [6.45, 7) is 5.97. The van der Waals surface area contributed by atoms with Crippen LogP contribution in [-0.2, 0) is 22.6 Å². The van der Waals surface area contributed by atoms with Crippen molar-refractivity contribution in [3.05, 3.63) is 83.8 Å². The highest BCUT2D eigenvalue weighted by Gasteiger charge is 2.27. The fourth-order valence-corrected chi connectivity index (χ4v) is 3.79. The minimum atomic E-state index is -0.672. The number of amides is 3. The van der Waals surface area contributed by atoms with Crippen LogP contribution in [-0.4, -0.2) is 52.3 Å². The normalized spacial score (nSPS) is 12.0. The van der Waals surface area contributed by atoms with Gasteiger partial charge in [-0.2, -0.15) is 0 Å². The Morgan fingerprint density at radius 2 is 1.70 bits per heavy atom. The average Bonchev–Trinajstić information content (AvgIpc) is 3.29. The predicted octanol–water partition coefficient (Wildman–Crippen LogP) is 4.13. The summed E-state index contributed by atoms with van der Waals surface area (Å²) in [5.41, 5.74) is 2.14. The quantitative estimate of drug-likeness (QED) is 0.435. The molecule has 0 radical (unpaired) electrons. The third-order valence-corrected chi connectivity index (χ3v) is 5.93. The van der Waals surface area contributed by atoms with E-state index in [-0.39, 0.29) is 17.7 Å². The Kier molecular flexibility index (Phi) is 9.22. The molecule has 2 aromatic carbocycles. The van der Waals surface area contributed by atoms with Gasteiger partial charge in [0, 0.05) is 37.8 Å². The molecule has 8 heteroatoms. The standard InChI is InChI=1S/C29H37N5O3/c1-29(2,3)28(37)31-24(16-10-13-21-11-7-6-8-12-21)26(35)32-25-19-34(20-30-25)18-22-14-9-15-23(17-22)27(36)33(4)5/h6-9,11-12,14-15,17,19-20,24H,10,13,16,18H2,1-5H3,(H,31,37)(H,32,35)/t24-/m1/s1. The lowest BCUT2D eigenvalue weighted by Crippen LogP contribution is -2.47. The summed E-state index contributed by atoms with van der Waals surface area (Å²) in [6, 6.07) is 16.8. The van der Waals surface area contributed by atoms with Crippen molar-refractivity contribution in [2.24, 2.45) is 5.41 Å². The Bertz CT molecular complexity index is 1210. The maximum atomic E-state index is 13.2. The molecule has 0 aliphatic rings. The Hall–Kier alpha value is -3.94. The molecule has 3 rings (SSSR count). The van der Waals surface area contributed by atoms with Gasteiger partial charge in [-0.25, -0.2) is 4.98 Å². The molecular formula is C29H37N5O3. The summed E-state index contributed by atoms with van der Waals surface area (Å²) < 4.78 is 1.84. The Morgan fingerprint density at radius 3 is 2.38 bits per heavy atom. The molecule has 0 saturated carbocycles. The smallest absolute Gasteiger partial charge is 0.253 e. The fourth-order valence-electron chi connectivity index (χ4n) is 3.79. The van der Waals surface area contributed by atoms with Gasteiger partial charge < -0.3 is 20.1 Å². The first kappa shape index (κ1) is 27.6. The van der Waals surface area contributed by atoms with E-state index in [2.05, 4.69) is 27.8 Å². The lowest BCUT2D eigenvalue weighted by atomic mass is 9.94. The molecule has 0 aliphatic carbocycles. The Labute approximate surface area is 219 Å². The van der Waals surface area contributed by atoms with Crippen LogP contribution in [0.15, 0.2) is 67.1 Å². The van der Waals surface area contributed by atoms with Gasteiger partial charge in [-0.3, -0.25) is 14.4 Å². The maximum Gasteiger partial charge on any atom is 0.253 e. The molecule has 0 aliphatic heterocycles. The van der Waals surface area contributed by atoms with Gasteiger partial charge in [-0.1, -0.05) is 63.2 Å². The number of aromatic nitrogens is 2. The summed E-state index contributed by atoms with van der Waals surface area (Å²) in [7, 11) is 3.44. The number of carbonyl (C=O) groups excluding carboxylic acids is 3. The van der Waals surface area contributed by atoms with E-state index in [1.54, 1.807) is 37.6 Å². The van der Waals surface area contributed by atoms with E-state index in [9.17, 15) is 14.4 Å². The van der Waals surface area contributed by atoms with Crippen LogP contribution in [0.1, 0.15) is 55.1 Å². The van der Waals surface area contributed by atoms with E-state index in [0.29, 0.717) is 24.3 Å². The van der Waals surface area contributed by atoms with E-state index in [1.807, 2.05) is 61.7 Å². The summed E-state index contributed by atoms with van der Waals surface area (Å²) in [6.07, 6.45) is 5.46. The second-order valence-corrected chi connectivity index (χ2v) is 10.5. The van der Waals surface area contributed by atoms with Crippen molar-refractivity contribution in [1.82, 2.24) is 19.8 Å². The number of rotatable bonds is 10. The van der Waals surface area contributed by atoms with E-state index in [0.717, 1.165) is 18.4 Å². The monoisotopic (exact) mass is 503 g/mol. The van der Waals surface area contributed by atoms with Crippen molar-refractivity contribution >= 4 is 23.5 Å². The van der Waals surface area contributed by atoms with Crippen LogP contribution in [0.25, 0.3) is 0 Å². The van der Waals surface area contributed by atoms with Gasteiger partial charge in [-0.15, -0.1) is 0 Å². The first-order chi connectivity index (χ1) is 17.5. The average molecular weight is 504 g/mol. The van der Waals surface area contributed by atoms with Gasteiger partial charge >= 0.3 is 0 Å². The van der Waals surface area contributed by atoms with Crippen LogP contribution in [0.3, 0.4) is 0 Å². The zero-order valence-corrected chi connectivity index (χ0v) is 22.3. The summed E-state index contributed by atoms with van der Waals surface area (Å²) in [5.74, 6) is -0.126. The second kappa shape index (κ2) is 12.3. The van der Waals surface area contributed by atoms with Crippen LogP contribution in [0.4, 0.5) is 5.82 Å². The molecule has 0 saturated heterocycles. The molecule has 196 valence electrons. The van der Waals surface area contributed by atoms with Gasteiger partial charge in [0.25, 0.3) is 5.91 Å². The fraction of sp³-hybridized carbons (Fsp3) is 0.379. The highest BCUT2D eigenvalue weighted by Crippen LogP contribution is 2.16. The number of aryl methyl sites for hydroxylation is 1. The number of carbonyl (C=O) groups is 3. The third-order valence-electron chi connectivity index (χ3n) is 5.93. The molecule has 1 atom stereocenters. The van der Waals surface area contributed by atoms with Gasteiger partial charge in [0.15, 0.2) is 5.82 Å². The number of hydrogen-bond acceptors (Lipinski definition) is 4. The van der Waals surface area contributed by atoms with Crippen LogP contribution < -0.4 is 10.6 Å². The molecule has 0 bridgehead atoms. The highest BCUT2D eigenvalue weighted by atomic mass is 16.2. The topological polar surface area (TPSA) is 96.3 Å². The predicted molar refractivity (Wildman–Crippen MR) is 145 cm³/mol. The lowest BCUT2D eigenvalue weighted by molar-refractivity contribution is -0.132. The van der Waals surface area contributed by atoms with Crippen molar-refractivity contribution in [2.45, 2.75) is 52.6 Å². The van der Waals surface area contributed by atoms with Gasteiger partial charge in [0.05, 0.1) is 6.33 Å². The Morgan fingerprint density at radius 1 is 1.00 bits per heavy atom. The second-order valence-electron chi connectivity index (χ2n) is 10.5. The third kappa shape index (κ3) is 8.31. The first-order valence-corrected chi connectivity index (χ1v) is 12.5. The van der Waals surface area contributed by atoms with Gasteiger partial charge in [0.1, 0.15) is 6.04 Å². The summed E-state index contributed by atoms with van der Waals surface area (Å²) in [5, 5.41) is 5.77. The first-order valence-electron chi connectivity index (χ1n) is 12.5. The van der Waals surface area contributed by atoms with E-state index in [1.165, 1.54) is 5.56 Å². The molecular weight excluding hydrogens is 466 g/mol. The molecule has 1 aromatic heterocycles. The largest absolute Gasteiger partial charge is 0.345 e.